The van der Waals surface area contributed by atoms with Gasteiger partial charge in [-0.3, -0.25) is 4.79 Å². The molecule has 1 amide bonds. The molecule has 3 aliphatic rings. The average Bonchev–Trinajstić information content (AvgIpc) is 2.97. The van der Waals surface area contributed by atoms with E-state index >= 15 is 0 Å². The van der Waals surface area contributed by atoms with Crippen LogP contribution in [0, 0.1) is 5.92 Å². The van der Waals surface area contributed by atoms with Crippen molar-refractivity contribution in [2.45, 2.75) is 87.3 Å². The summed E-state index contributed by atoms with van der Waals surface area (Å²) < 4.78 is 33.6. The Balaban J connectivity index is 1.06. The number of aliphatic carboxylic acids is 1. The van der Waals surface area contributed by atoms with E-state index in [1.54, 1.807) is 18.2 Å². The Morgan fingerprint density at radius 3 is 2.71 bits per heavy atom. The molecule has 3 N–H and O–H groups in total. The molecule has 3 heterocycles. The first-order valence-corrected chi connectivity index (χ1v) is 16.2. The lowest BCUT2D eigenvalue weighted by Gasteiger charge is -2.36. The second-order valence-electron chi connectivity index (χ2n) is 11.3. The Morgan fingerprint density at radius 1 is 1.12 bits per heavy atom. The van der Waals surface area contributed by atoms with E-state index in [4.69, 9.17) is 9.72 Å². The number of rotatable bonds is 12. The van der Waals surface area contributed by atoms with Gasteiger partial charge in [0.2, 0.25) is 15.9 Å². The van der Waals surface area contributed by atoms with Crippen LogP contribution in [0.25, 0.3) is 0 Å². The fourth-order valence-electron chi connectivity index (χ4n) is 5.97. The lowest BCUT2D eigenvalue weighted by molar-refractivity contribution is -0.143. The molecule has 11 heteroatoms. The summed E-state index contributed by atoms with van der Waals surface area (Å²) in [6.07, 6.45) is 7.97. The summed E-state index contributed by atoms with van der Waals surface area (Å²) in [6.45, 7) is 1.41. The maximum Gasteiger partial charge on any atom is 0.326 e. The molecule has 41 heavy (non-hydrogen) atoms. The molecule has 5 rings (SSSR count). The topological polar surface area (TPSA) is 138 Å². The summed E-state index contributed by atoms with van der Waals surface area (Å²) in [5.74, 6) is -0.151. The number of aryl methyl sites for hydroxylation is 2. The molecule has 2 aliphatic heterocycles. The van der Waals surface area contributed by atoms with Crippen LogP contribution in [0.2, 0.25) is 0 Å². The second kappa shape index (κ2) is 13.3. The predicted octanol–water partition coefficient (Wildman–Crippen LogP) is 3.37. The lowest BCUT2D eigenvalue weighted by atomic mass is 9.79. The number of carboxylic acids is 1. The Labute approximate surface area is 241 Å². The number of nitrogens with zero attached hydrogens (tertiary/aromatic N) is 2. The molecule has 2 fully saturated rings. The van der Waals surface area contributed by atoms with Crippen molar-refractivity contribution in [2.24, 2.45) is 5.92 Å². The fraction of sp³-hybridized carbons (Fsp3) is 0.567. The minimum Gasteiger partial charge on any atom is -0.480 e. The van der Waals surface area contributed by atoms with Gasteiger partial charge in [0.1, 0.15) is 17.9 Å². The van der Waals surface area contributed by atoms with Crippen LogP contribution in [-0.4, -0.2) is 72.6 Å². The molecule has 2 aromatic rings. The number of sulfonamides is 1. The van der Waals surface area contributed by atoms with Crippen LogP contribution in [-0.2, 0) is 37.2 Å². The number of amides is 1. The van der Waals surface area contributed by atoms with Crippen molar-refractivity contribution in [3.05, 3.63) is 53.7 Å². The van der Waals surface area contributed by atoms with Gasteiger partial charge in [-0.2, -0.15) is 4.31 Å². The molecule has 10 nitrogen and oxygen atoms in total. The van der Waals surface area contributed by atoms with Crippen molar-refractivity contribution in [1.82, 2.24) is 14.6 Å². The number of ether oxygens (including phenoxy) is 1. The molecule has 1 aliphatic carbocycles. The minimum atomic E-state index is -3.88. The molecule has 2 atom stereocenters. The number of nitrogens with one attached hydrogen (secondary N) is 2. The number of pyridine rings is 1. The monoisotopic (exact) mass is 584 g/mol. The van der Waals surface area contributed by atoms with Crippen molar-refractivity contribution in [1.29, 1.82) is 0 Å². The number of aromatic nitrogens is 1. The number of anilines is 1. The summed E-state index contributed by atoms with van der Waals surface area (Å²) in [6, 6.07) is 10.2. The summed E-state index contributed by atoms with van der Waals surface area (Å²) in [7, 11) is -3.88. The highest BCUT2D eigenvalue weighted by atomic mass is 32.2. The van der Waals surface area contributed by atoms with E-state index in [1.165, 1.54) is 22.0 Å². The number of carbonyl (C=O) groups excluding carboxylic acids is 1. The van der Waals surface area contributed by atoms with Gasteiger partial charge in [0, 0.05) is 31.8 Å². The van der Waals surface area contributed by atoms with E-state index in [-0.39, 0.29) is 30.6 Å². The summed E-state index contributed by atoms with van der Waals surface area (Å²) in [5.41, 5.74) is 2.40. The molecular weight excluding hydrogens is 544 g/mol. The SMILES string of the molecule is O=C(O)[C@H](CCOC1CC(CCc2ccc3c(n2)NCCC3)C1)NC(=O)[C@@H]1CCCCN1S(=O)(=O)c1ccccc1. The number of carbonyl (C=O) groups is 2. The van der Waals surface area contributed by atoms with Gasteiger partial charge in [-0.25, -0.2) is 18.2 Å². The lowest BCUT2D eigenvalue weighted by Crippen LogP contribution is -2.55. The van der Waals surface area contributed by atoms with Gasteiger partial charge in [-0.1, -0.05) is 30.7 Å². The summed E-state index contributed by atoms with van der Waals surface area (Å²) in [4.78, 5) is 30.0. The standard InChI is InChI=1S/C30H40N4O6S/c35-29(27-10-4-5-17-34(27)41(38,39)25-8-2-1-3-9-25)33-26(30(36)37)15-18-40-24-19-21(20-24)11-13-23-14-12-22-7-6-16-31-28(22)32-23/h1-3,8-9,12,14,21,24,26-27H,4-7,10-11,13,15-20H2,(H,31,32)(H,33,35)(H,36,37)/t21?,24?,26-,27-/m0/s1. The third kappa shape index (κ3) is 7.25. The Morgan fingerprint density at radius 2 is 1.93 bits per heavy atom. The molecular formula is C30H40N4O6S. The van der Waals surface area contributed by atoms with Crippen molar-refractivity contribution in [2.75, 3.05) is 25.0 Å². The normalized spacial score (nSPS) is 23.5. The first kappa shape index (κ1) is 29.5. The van der Waals surface area contributed by atoms with Gasteiger partial charge in [0.15, 0.2) is 0 Å². The first-order valence-electron chi connectivity index (χ1n) is 14.8. The molecule has 222 valence electrons. The molecule has 0 spiro atoms. The molecule has 0 bridgehead atoms. The van der Waals surface area contributed by atoms with Gasteiger partial charge in [0.05, 0.1) is 11.0 Å². The van der Waals surface area contributed by atoms with E-state index in [9.17, 15) is 23.1 Å². The van der Waals surface area contributed by atoms with Crippen LogP contribution in [0.15, 0.2) is 47.4 Å². The molecule has 0 radical (unpaired) electrons. The summed E-state index contributed by atoms with van der Waals surface area (Å²) in [5, 5.41) is 15.7. The number of benzene rings is 1. The van der Waals surface area contributed by atoms with Gasteiger partial charge in [-0.15, -0.1) is 0 Å². The van der Waals surface area contributed by atoms with E-state index in [0.29, 0.717) is 25.2 Å². The first-order chi connectivity index (χ1) is 19.8. The van der Waals surface area contributed by atoms with E-state index < -0.39 is 34.0 Å². The van der Waals surface area contributed by atoms with Crippen LogP contribution >= 0.6 is 0 Å². The number of hydrogen-bond donors (Lipinski definition) is 3. The van der Waals surface area contributed by atoms with Crippen molar-refractivity contribution in [3.8, 4) is 0 Å². The Kier molecular flexibility index (Phi) is 9.57. The number of carboxylic acid groups (broad SMARTS) is 1. The van der Waals surface area contributed by atoms with Crippen molar-refractivity contribution < 1.29 is 27.9 Å². The van der Waals surface area contributed by atoms with E-state index in [1.807, 2.05) is 0 Å². The largest absolute Gasteiger partial charge is 0.480 e. The van der Waals surface area contributed by atoms with E-state index in [2.05, 4.69) is 22.8 Å². The van der Waals surface area contributed by atoms with Gasteiger partial charge in [-0.05, 0) is 81.0 Å². The zero-order chi connectivity index (χ0) is 28.8. The number of piperidine rings is 1. The fourth-order valence-corrected chi connectivity index (χ4v) is 7.64. The van der Waals surface area contributed by atoms with E-state index in [0.717, 1.165) is 56.6 Å². The van der Waals surface area contributed by atoms with Crippen molar-refractivity contribution in [3.63, 3.8) is 0 Å². The molecule has 1 saturated carbocycles. The number of hydrogen-bond acceptors (Lipinski definition) is 7. The maximum absolute atomic E-state index is 13.2. The van der Waals surface area contributed by atoms with Crippen LogP contribution in [0.1, 0.15) is 62.6 Å². The highest BCUT2D eigenvalue weighted by molar-refractivity contribution is 7.89. The van der Waals surface area contributed by atoms with Gasteiger partial charge < -0.3 is 20.5 Å². The third-order valence-corrected chi connectivity index (χ3v) is 10.4. The smallest absolute Gasteiger partial charge is 0.326 e. The highest BCUT2D eigenvalue weighted by Gasteiger charge is 2.39. The zero-order valence-electron chi connectivity index (χ0n) is 23.3. The maximum atomic E-state index is 13.2. The number of fused-ring (bicyclic) bond motifs is 1. The Hall–Kier alpha value is -3.02. The van der Waals surface area contributed by atoms with Crippen LogP contribution in [0.4, 0.5) is 5.82 Å². The zero-order valence-corrected chi connectivity index (χ0v) is 24.2. The molecule has 0 unspecified atom stereocenters. The van der Waals surface area contributed by atoms with Gasteiger partial charge >= 0.3 is 5.97 Å². The summed E-state index contributed by atoms with van der Waals surface area (Å²) >= 11 is 0. The van der Waals surface area contributed by atoms with Crippen LogP contribution in [0.3, 0.4) is 0 Å². The predicted molar refractivity (Wildman–Crippen MR) is 154 cm³/mol. The van der Waals surface area contributed by atoms with Crippen LogP contribution < -0.4 is 10.6 Å². The highest BCUT2D eigenvalue weighted by Crippen LogP contribution is 2.34. The second-order valence-corrected chi connectivity index (χ2v) is 13.2. The van der Waals surface area contributed by atoms with Crippen molar-refractivity contribution >= 4 is 27.7 Å². The Bertz CT molecular complexity index is 1320. The minimum absolute atomic E-state index is 0.0909. The third-order valence-electron chi connectivity index (χ3n) is 8.43. The van der Waals surface area contributed by atoms with Crippen LogP contribution in [0.5, 0.6) is 0 Å². The average molecular weight is 585 g/mol. The molecule has 1 aromatic carbocycles. The molecule has 1 aromatic heterocycles. The van der Waals surface area contributed by atoms with Gasteiger partial charge in [0.25, 0.3) is 0 Å². The molecule has 1 saturated heterocycles. The quantitative estimate of drug-likeness (QED) is 0.345.